The summed E-state index contributed by atoms with van der Waals surface area (Å²) < 4.78 is 0. The van der Waals surface area contributed by atoms with Crippen LogP contribution in [0.4, 0.5) is 0 Å². The van der Waals surface area contributed by atoms with Crippen molar-refractivity contribution in [2.45, 2.75) is 90.0 Å². The lowest BCUT2D eigenvalue weighted by molar-refractivity contribution is -0.161. The molecule has 1 aromatic carbocycles. The number of aliphatic hydroxyl groups excluding tert-OH is 2. The quantitative estimate of drug-likeness (QED) is 0.428. The number of aryl methyl sites for hydroxylation is 1. The summed E-state index contributed by atoms with van der Waals surface area (Å²) >= 11 is 0. The van der Waals surface area contributed by atoms with Gasteiger partial charge in [-0.1, -0.05) is 82.2 Å². The predicted molar refractivity (Wildman–Crippen MR) is 133 cm³/mol. The summed E-state index contributed by atoms with van der Waals surface area (Å²) in [7, 11) is 0. The largest absolute Gasteiger partial charge is 0.390 e. The summed E-state index contributed by atoms with van der Waals surface area (Å²) in [5, 5.41) is 27.0. The van der Waals surface area contributed by atoms with E-state index in [9.17, 15) is 10.2 Å². The Labute approximate surface area is 195 Å². The third-order valence-corrected chi connectivity index (χ3v) is 8.26. The summed E-state index contributed by atoms with van der Waals surface area (Å²) in [6.45, 7) is 11.6. The molecule has 0 aromatic heterocycles. The Kier molecular flexibility index (Phi) is 8.03. The minimum Gasteiger partial charge on any atom is -0.390 e. The van der Waals surface area contributed by atoms with Gasteiger partial charge in [-0.25, -0.2) is 0 Å². The van der Waals surface area contributed by atoms with E-state index in [0.717, 1.165) is 32.2 Å². The van der Waals surface area contributed by atoms with Crippen LogP contribution in [0.15, 0.2) is 48.6 Å². The fourth-order valence-electron chi connectivity index (χ4n) is 6.53. The van der Waals surface area contributed by atoms with Crippen LogP contribution in [-0.2, 0) is 0 Å². The Hall–Kier alpha value is -1.46. The van der Waals surface area contributed by atoms with E-state index in [1.807, 2.05) is 0 Å². The predicted octanol–water partition coefficient (Wildman–Crippen LogP) is 4.45. The molecule has 4 unspecified atom stereocenters. The molecule has 8 atom stereocenters. The topological polar surface area (TPSA) is 78.5 Å². The van der Waals surface area contributed by atoms with Gasteiger partial charge in [0.2, 0.25) is 0 Å². The molecule has 0 saturated heterocycles. The minimum absolute atomic E-state index is 0.0422. The molecule has 5 N–H and O–H groups in total. The van der Waals surface area contributed by atoms with Crippen LogP contribution < -0.4 is 11.1 Å². The fourth-order valence-corrected chi connectivity index (χ4v) is 6.53. The highest BCUT2D eigenvalue weighted by molar-refractivity contribution is 5.37. The first-order valence-electron chi connectivity index (χ1n) is 12.5. The van der Waals surface area contributed by atoms with Gasteiger partial charge in [-0.05, 0) is 49.8 Å². The molecule has 2 aliphatic carbocycles. The zero-order valence-corrected chi connectivity index (χ0v) is 20.6. The van der Waals surface area contributed by atoms with Crippen LogP contribution in [0.3, 0.4) is 0 Å². The summed E-state index contributed by atoms with van der Waals surface area (Å²) in [6.07, 6.45) is 10.9. The average Bonchev–Trinajstić information content (AvgIpc) is 2.76. The van der Waals surface area contributed by atoms with E-state index in [-0.39, 0.29) is 29.2 Å². The molecular weight excluding hydrogens is 396 g/mol. The highest BCUT2D eigenvalue weighted by Gasteiger charge is 2.62. The lowest BCUT2D eigenvalue weighted by Crippen LogP contribution is -2.72. The van der Waals surface area contributed by atoms with Crippen molar-refractivity contribution in [2.75, 3.05) is 6.54 Å². The number of nitrogens with two attached hydrogens (primary N) is 1. The van der Waals surface area contributed by atoms with Crippen LogP contribution >= 0.6 is 0 Å². The Morgan fingerprint density at radius 1 is 1.09 bits per heavy atom. The highest BCUT2D eigenvalue weighted by Crippen LogP contribution is 2.58. The molecule has 0 bridgehead atoms. The van der Waals surface area contributed by atoms with Gasteiger partial charge < -0.3 is 21.3 Å². The zero-order chi connectivity index (χ0) is 23.5. The number of hydrogen-bond donors (Lipinski definition) is 4. The van der Waals surface area contributed by atoms with Gasteiger partial charge in [0.05, 0.1) is 17.7 Å². The molecule has 0 amide bonds. The molecule has 1 saturated carbocycles. The van der Waals surface area contributed by atoms with Gasteiger partial charge in [0, 0.05) is 23.8 Å². The summed E-state index contributed by atoms with van der Waals surface area (Å²) in [6, 6.07) is 8.30. The van der Waals surface area contributed by atoms with Gasteiger partial charge in [-0.15, -0.1) is 0 Å². The van der Waals surface area contributed by atoms with Crippen LogP contribution in [0.25, 0.3) is 0 Å². The lowest BCUT2D eigenvalue weighted by atomic mass is 9.48. The van der Waals surface area contributed by atoms with Crippen LogP contribution in [0, 0.1) is 24.2 Å². The number of benzene rings is 1. The maximum atomic E-state index is 11.8. The van der Waals surface area contributed by atoms with E-state index in [1.54, 1.807) is 0 Å². The van der Waals surface area contributed by atoms with Gasteiger partial charge in [0.15, 0.2) is 0 Å². The first-order chi connectivity index (χ1) is 15.2. The molecule has 32 heavy (non-hydrogen) atoms. The van der Waals surface area contributed by atoms with Crippen molar-refractivity contribution in [1.29, 1.82) is 0 Å². The average molecular weight is 441 g/mol. The van der Waals surface area contributed by atoms with Gasteiger partial charge in [-0.3, -0.25) is 0 Å². The standard InChI is InChI=1S/C28H44N2O2/c1-6-8-18-30-28(5)22-16-11-12-17-27(22,4)24(25(31)26(28)32)23(21(29)13-7-2)20-15-10-9-14-19(20)3/h9-12,14-17,21-26,30-32H,6-8,13,18,29H2,1-5H3/t21?,22?,23?,24-,25+,26+,27?,28-/m1/s1. The Morgan fingerprint density at radius 3 is 2.47 bits per heavy atom. The fraction of sp³-hybridized carbons (Fsp3) is 0.643. The minimum atomic E-state index is -0.890. The molecule has 2 aliphatic rings. The SMILES string of the molecule is CCCCN[C@]1(C)C2C=CC=CC2(C)[C@H](C(c2ccccc2C)C(N)CCC)[C@H](O)[C@@H]1O. The van der Waals surface area contributed by atoms with Gasteiger partial charge in [0.25, 0.3) is 0 Å². The van der Waals surface area contributed by atoms with E-state index >= 15 is 0 Å². The van der Waals surface area contributed by atoms with Crippen molar-refractivity contribution in [3.63, 3.8) is 0 Å². The van der Waals surface area contributed by atoms with E-state index in [2.05, 4.69) is 88.5 Å². The molecule has 0 aliphatic heterocycles. The second-order valence-corrected chi connectivity index (χ2v) is 10.4. The Morgan fingerprint density at radius 2 is 1.81 bits per heavy atom. The normalized spacial score (nSPS) is 36.0. The maximum absolute atomic E-state index is 11.8. The van der Waals surface area contributed by atoms with Crippen molar-refractivity contribution in [3.05, 3.63) is 59.7 Å². The number of hydrogen-bond acceptors (Lipinski definition) is 4. The smallest absolute Gasteiger partial charge is 0.0986 e. The number of nitrogens with one attached hydrogen (secondary N) is 1. The number of fused-ring (bicyclic) bond motifs is 1. The lowest BCUT2D eigenvalue weighted by Gasteiger charge is -2.61. The molecule has 4 nitrogen and oxygen atoms in total. The number of rotatable bonds is 9. The second kappa shape index (κ2) is 10.2. The van der Waals surface area contributed by atoms with Crippen molar-refractivity contribution < 1.29 is 10.2 Å². The van der Waals surface area contributed by atoms with E-state index in [4.69, 9.17) is 5.73 Å². The van der Waals surface area contributed by atoms with Gasteiger partial charge >= 0.3 is 0 Å². The molecule has 0 spiro atoms. The zero-order valence-electron chi connectivity index (χ0n) is 20.6. The molecule has 1 fully saturated rings. The van der Waals surface area contributed by atoms with Crippen molar-refractivity contribution in [3.8, 4) is 0 Å². The molecule has 4 heteroatoms. The first kappa shape index (κ1) is 25.2. The van der Waals surface area contributed by atoms with Gasteiger partial charge in [-0.2, -0.15) is 0 Å². The maximum Gasteiger partial charge on any atom is 0.0986 e. The molecule has 0 radical (unpaired) electrons. The number of unbranched alkanes of at least 4 members (excludes halogenated alkanes) is 1. The summed E-state index contributed by atoms with van der Waals surface area (Å²) in [4.78, 5) is 0. The van der Waals surface area contributed by atoms with Crippen molar-refractivity contribution >= 4 is 0 Å². The first-order valence-corrected chi connectivity index (χ1v) is 12.5. The summed E-state index contributed by atoms with van der Waals surface area (Å²) in [5.41, 5.74) is 8.28. The van der Waals surface area contributed by atoms with Crippen LogP contribution in [0.5, 0.6) is 0 Å². The van der Waals surface area contributed by atoms with Crippen LogP contribution in [0.1, 0.15) is 70.4 Å². The third kappa shape index (κ3) is 4.35. The highest BCUT2D eigenvalue weighted by atomic mass is 16.3. The molecule has 3 rings (SSSR count). The molecular formula is C28H44N2O2. The monoisotopic (exact) mass is 440 g/mol. The third-order valence-electron chi connectivity index (χ3n) is 8.26. The molecule has 178 valence electrons. The van der Waals surface area contributed by atoms with Crippen LogP contribution in [0.2, 0.25) is 0 Å². The Bertz CT molecular complexity index is 821. The van der Waals surface area contributed by atoms with E-state index < -0.39 is 17.7 Å². The Balaban J connectivity index is 2.13. The molecule has 1 aromatic rings. The summed E-state index contributed by atoms with van der Waals surface area (Å²) in [5.74, 6) is -0.211. The van der Waals surface area contributed by atoms with Crippen LogP contribution in [-0.4, -0.2) is 40.5 Å². The van der Waals surface area contributed by atoms with Crippen molar-refractivity contribution in [1.82, 2.24) is 5.32 Å². The van der Waals surface area contributed by atoms with Crippen molar-refractivity contribution in [2.24, 2.45) is 23.0 Å². The number of allylic oxidation sites excluding steroid dienone is 3. The van der Waals surface area contributed by atoms with E-state index in [0.29, 0.717) is 0 Å². The number of aliphatic hydroxyl groups is 2. The molecule has 0 heterocycles. The second-order valence-electron chi connectivity index (χ2n) is 10.4. The van der Waals surface area contributed by atoms with E-state index in [1.165, 1.54) is 11.1 Å². The van der Waals surface area contributed by atoms with Gasteiger partial charge in [0.1, 0.15) is 0 Å².